The van der Waals surface area contributed by atoms with Crippen LogP contribution in [0, 0.1) is 5.41 Å². The molecule has 1 aromatic carbocycles. The van der Waals surface area contributed by atoms with Crippen LogP contribution in [0.25, 0.3) is 0 Å². The highest BCUT2D eigenvalue weighted by Crippen LogP contribution is 2.34. The highest BCUT2D eigenvalue weighted by Gasteiger charge is 2.46. The summed E-state index contributed by atoms with van der Waals surface area (Å²) in [5.74, 6) is -1.29. The van der Waals surface area contributed by atoms with Crippen LogP contribution in [0.4, 0.5) is 0 Å². The number of halogens is 1. The summed E-state index contributed by atoms with van der Waals surface area (Å²) < 4.78 is 10.8. The molecule has 5 nitrogen and oxygen atoms in total. The Labute approximate surface area is 132 Å². The minimum atomic E-state index is -1.59. The molecule has 1 atom stereocenters. The van der Waals surface area contributed by atoms with E-state index in [9.17, 15) is 14.7 Å². The predicted octanol–water partition coefficient (Wildman–Crippen LogP) is 3.04. The topological polar surface area (TPSA) is 72.8 Å². The predicted molar refractivity (Wildman–Crippen MR) is 81.4 cm³/mol. The normalized spacial score (nSPS) is 13.3. The van der Waals surface area contributed by atoms with Crippen molar-refractivity contribution in [2.75, 3.05) is 13.7 Å². The van der Waals surface area contributed by atoms with Gasteiger partial charge in [0.05, 0.1) is 13.7 Å². The SMILES string of the molecule is CCOC(=O)C(CC)(Cc1cc(OC)ccc1Br)C(=O)O. The first-order valence-electron chi connectivity index (χ1n) is 6.64. The van der Waals surface area contributed by atoms with E-state index >= 15 is 0 Å². The molecular formula is C15H19BrO5. The van der Waals surface area contributed by atoms with E-state index in [-0.39, 0.29) is 19.4 Å². The van der Waals surface area contributed by atoms with Crippen molar-refractivity contribution in [3.63, 3.8) is 0 Å². The molecule has 0 aromatic heterocycles. The van der Waals surface area contributed by atoms with Crippen LogP contribution in [-0.4, -0.2) is 30.8 Å². The van der Waals surface area contributed by atoms with Gasteiger partial charge in [-0.05, 0) is 37.1 Å². The third-order valence-electron chi connectivity index (χ3n) is 3.42. The highest BCUT2D eigenvalue weighted by atomic mass is 79.9. The lowest BCUT2D eigenvalue weighted by Crippen LogP contribution is -2.42. The summed E-state index contributed by atoms with van der Waals surface area (Å²) in [5.41, 5.74) is -0.906. The van der Waals surface area contributed by atoms with Crippen LogP contribution in [0.15, 0.2) is 22.7 Å². The van der Waals surface area contributed by atoms with E-state index in [0.717, 1.165) is 4.47 Å². The Balaban J connectivity index is 3.24. The zero-order valence-electron chi connectivity index (χ0n) is 12.3. The molecule has 21 heavy (non-hydrogen) atoms. The summed E-state index contributed by atoms with van der Waals surface area (Å²) in [7, 11) is 1.53. The monoisotopic (exact) mass is 358 g/mol. The van der Waals surface area contributed by atoms with Crippen molar-refractivity contribution in [2.45, 2.75) is 26.7 Å². The molecule has 0 heterocycles. The molecule has 0 aliphatic rings. The molecular weight excluding hydrogens is 340 g/mol. The summed E-state index contributed by atoms with van der Waals surface area (Å²) >= 11 is 3.38. The number of methoxy groups -OCH3 is 1. The summed E-state index contributed by atoms with van der Waals surface area (Å²) in [5, 5.41) is 9.55. The Hall–Kier alpha value is -1.56. The molecule has 1 aromatic rings. The lowest BCUT2D eigenvalue weighted by Gasteiger charge is -2.26. The fraction of sp³-hybridized carbons (Fsp3) is 0.467. The van der Waals surface area contributed by atoms with Crippen LogP contribution in [0.1, 0.15) is 25.8 Å². The Kier molecular flexibility index (Phi) is 6.20. The van der Waals surface area contributed by atoms with E-state index in [0.29, 0.717) is 11.3 Å². The molecule has 0 fully saturated rings. The molecule has 1 unspecified atom stereocenters. The number of carboxylic acids is 1. The van der Waals surface area contributed by atoms with Crippen molar-refractivity contribution in [1.29, 1.82) is 0 Å². The Morgan fingerprint density at radius 3 is 2.48 bits per heavy atom. The summed E-state index contributed by atoms with van der Waals surface area (Å²) in [6.45, 7) is 3.47. The fourth-order valence-electron chi connectivity index (χ4n) is 2.06. The Morgan fingerprint density at radius 2 is 2.00 bits per heavy atom. The van der Waals surface area contributed by atoms with Crippen LogP contribution >= 0.6 is 15.9 Å². The molecule has 0 radical (unpaired) electrons. The van der Waals surface area contributed by atoms with Crippen molar-refractivity contribution >= 4 is 27.9 Å². The Bertz CT molecular complexity index is 529. The molecule has 0 aliphatic carbocycles. The number of carboxylic acid groups (broad SMARTS) is 1. The number of rotatable bonds is 7. The lowest BCUT2D eigenvalue weighted by molar-refractivity contribution is -0.168. The zero-order valence-corrected chi connectivity index (χ0v) is 13.9. The molecule has 0 bridgehead atoms. The molecule has 1 rings (SSSR count). The second-order valence-electron chi connectivity index (χ2n) is 4.60. The van der Waals surface area contributed by atoms with Gasteiger partial charge in [-0.3, -0.25) is 9.59 Å². The van der Waals surface area contributed by atoms with Crippen molar-refractivity contribution in [1.82, 2.24) is 0 Å². The van der Waals surface area contributed by atoms with Crippen molar-refractivity contribution in [3.8, 4) is 5.75 Å². The maximum Gasteiger partial charge on any atom is 0.323 e. The molecule has 0 amide bonds. The van der Waals surface area contributed by atoms with Crippen molar-refractivity contribution in [3.05, 3.63) is 28.2 Å². The lowest BCUT2D eigenvalue weighted by atomic mass is 9.79. The van der Waals surface area contributed by atoms with Crippen LogP contribution in [0.2, 0.25) is 0 Å². The van der Waals surface area contributed by atoms with Gasteiger partial charge in [-0.15, -0.1) is 0 Å². The second kappa shape index (κ2) is 7.45. The third-order valence-corrected chi connectivity index (χ3v) is 4.20. The first kappa shape index (κ1) is 17.5. The number of hydrogen-bond acceptors (Lipinski definition) is 4. The average molecular weight is 359 g/mol. The quantitative estimate of drug-likeness (QED) is 0.598. The van der Waals surface area contributed by atoms with Gasteiger partial charge in [0, 0.05) is 10.9 Å². The number of benzene rings is 1. The molecule has 0 spiro atoms. The molecule has 6 heteroatoms. The maximum absolute atomic E-state index is 12.2. The van der Waals surface area contributed by atoms with Crippen LogP contribution < -0.4 is 4.74 Å². The summed E-state index contributed by atoms with van der Waals surface area (Å²) in [6, 6.07) is 5.24. The van der Waals surface area contributed by atoms with Crippen LogP contribution in [-0.2, 0) is 20.7 Å². The maximum atomic E-state index is 12.2. The van der Waals surface area contributed by atoms with Crippen molar-refractivity contribution in [2.24, 2.45) is 5.41 Å². The molecule has 1 N–H and O–H groups in total. The van der Waals surface area contributed by atoms with Gasteiger partial charge < -0.3 is 14.6 Å². The minimum Gasteiger partial charge on any atom is -0.497 e. The second-order valence-corrected chi connectivity index (χ2v) is 5.45. The molecule has 0 saturated carbocycles. The smallest absolute Gasteiger partial charge is 0.323 e. The van der Waals surface area contributed by atoms with Crippen LogP contribution in [0.5, 0.6) is 5.75 Å². The van der Waals surface area contributed by atoms with Gasteiger partial charge >= 0.3 is 11.9 Å². The number of carbonyl (C=O) groups excluding carboxylic acids is 1. The number of carbonyl (C=O) groups is 2. The van der Waals surface area contributed by atoms with Crippen LogP contribution in [0.3, 0.4) is 0 Å². The Morgan fingerprint density at radius 1 is 1.33 bits per heavy atom. The summed E-state index contributed by atoms with van der Waals surface area (Å²) in [6.07, 6.45) is 0.181. The van der Waals surface area contributed by atoms with Gasteiger partial charge in [0.2, 0.25) is 0 Å². The molecule has 116 valence electrons. The first-order chi connectivity index (χ1) is 9.91. The zero-order chi connectivity index (χ0) is 16.0. The third kappa shape index (κ3) is 3.75. The van der Waals surface area contributed by atoms with E-state index in [1.54, 1.807) is 32.0 Å². The van der Waals surface area contributed by atoms with E-state index in [4.69, 9.17) is 9.47 Å². The minimum absolute atomic E-state index is 0.0372. The summed E-state index contributed by atoms with van der Waals surface area (Å²) in [4.78, 5) is 23.8. The van der Waals surface area contributed by atoms with E-state index in [1.165, 1.54) is 7.11 Å². The van der Waals surface area contributed by atoms with E-state index in [1.807, 2.05) is 0 Å². The van der Waals surface area contributed by atoms with Gasteiger partial charge in [0.1, 0.15) is 5.75 Å². The molecule has 0 saturated heterocycles. The van der Waals surface area contributed by atoms with Gasteiger partial charge in [0.15, 0.2) is 5.41 Å². The number of hydrogen-bond donors (Lipinski definition) is 1. The number of esters is 1. The van der Waals surface area contributed by atoms with Gasteiger partial charge in [0.25, 0.3) is 0 Å². The van der Waals surface area contributed by atoms with E-state index < -0.39 is 17.4 Å². The number of ether oxygens (including phenoxy) is 2. The van der Waals surface area contributed by atoms with Gasteiger partial charge in [-0.1, -0.05) is 22.9 Å². The van der Waals surface area contributed by atoms with Gasteiger partial charge in [-0.25, -0.2) is 0 Å². The van der Waals surface area contributed by atoms with E-state index in [2.05, 4.69) is 15.9 Å². The average Bonchev–Trinajstić information content (AvgIpc) is 2.46. The highest BCUT2D eigenvalue weighted by molar-refractivity contribution is 9.10. The largest absolute Gasteiger partial charge is 0.497 e. The van der Waals surface area contributed by atoms with Crippen molar-refractivity contribution < 1.29 is 24.2 Å². The fourth-order valence-corrected chi connectivity index (χ4v) is 2.45. The van der Waals surface area contributed by atoms with Gasteiger partial charge in [-0.2, -0.15) is 0 Å². The first-order valence-corrected chi connectivity index (χ1v) is 7.43. The molecule has 0 aliphatic heterocycles. The number of aliphatic carboxylic acids is 1. The standard InChI is InChI=1S/C15H19BrO5/c1-4-15(13(17)18,14(19)21-5-2)9-10-8-11(20-3)6-7-12(10)16/h6-8H,4-5,9H2,1-3H3,(H,17,18).